The van der Waals surface area contributed by atoms with Crippen LogP contribution in [0.25, 0.3) is 0 Å². The Morgan fingerprint density at radius 2 is 1.29 bits per heavy atom. The predicted molar refractivity (Wildman–Crippen MR) is 45.7 cm³/mol. The smallest absolute Gasteiger partial charge is 0.404 e. The van der Waals surface area contributed by atoms with Crippen LogP contribution in [0, 0.1) is 0 Å². The maximum absolute atomic E-state index is 10.1. The van der Waals surface area contributed by atoms with E-state index in [1.54, 1.807) is 0 Å². The average molecular weight is 204 g/mol. The van der Waals surface area contributed by atoms with E-state index in [2.05, 4.69) is 31.2 Å². The fraction of sp³-hybridized carbons (Fsp3) is 0.667. The highest BCUT2D eigenvalue weighted by Gasteiger charge is 1.92. The summed E-state index contributed by atoms with van der Waals surface area (Å²) < 4.78 is 8.73. The Hall–Kier alpha value is -1.86. The minimum Gasteiger partial charge on any atom is -0.448 e. The molecule has 0 spiro atoms. The molecule has 0 unspecified atom stereocenters. The molecular weight excluding hydrogens is 192 g/mol. The molecule has 0 aliphatic rings. The van der Waals surface area contributed by atoms with Crippen molar-refractivity contribution < 1.29 is 19.1 Å². The molecule has 0 bridgehead atoms. The summed E-state index contributed by atoms with van der Waals surface area (Å²) in [5.74, 6) is 0. The highest BCUT2D eigenvalue weighted by molar-refractivity contribution is 5.64. The van der Waals surface area contributed by atoms with E-state index in [-0.39, 0.29) is 26.3 Å². The van der Waals surface area contributed by atoms with Gasteiger partial charge in [-0.2, -0.15) is 10.2 Å². The van der Waals surface area contributed by atoms with Gasteiger partial charge in [-0.1, -0.05) is 0 Å². The number of hydrogen-bond acceptors (Lipinski definition) is 6. The lowest BCUT2D eigenvalue weighted by Gasteiger charge is -1.97. The van der Waals surface area contributed by atoms with E-state index in [4.69, 9.17) is 0 Å². The zero-order chi connectivity index (χ0) is 10.8. The van der Waals surface area contributed by atoms with E-state index in [1.165, 1.54) is 0 Å². The third-order valence-corrected chi connectivity index (χ3v) is 0.971. The molecule has 0 aliphatic carbocycles. The van der Waals surface area contributed by atoms with Crippen molar-refractivity contribution in [3.63, 3.8) is 0 Å². The van der Waals surface area contributed by atoms with Gasteiger partial charge in [0.05, 0.1) is 13.1 Å². The summed E-state index contributed by atoms with van der Waals surface area (Å²) in [4.78, 5) is 20.1. The van der Waals surface area contributed by atoms with Gasteiger partial charge in [-0.3, -0.25) is 0 Å². The molecule has 8 nitrogen and oxygen atoms in total. The van der Waals surface area contributed by atoms with E-state index >= 15 is 0 Å². The zero-order valence-corrected chi connectivity index (χ0v) is 7.51. The second kappa shape index (κ2) is 7.77. The molecule has 0 saturated heterocycles. The number of azo groups is 1. The van der Waals surface area contributed by atoms with Crippen LogP contribution >= 0.6 is 0 Å². The molecule has 8 heteroatoms. The van der Waals surface area contributed by atoms with E-state index in [9.17, 15) is 9.59 Å². The number of carbonyl (C=O) groups excluding carboxylic acids is 2. The number of rotatable bonds is 6. The van der Waals surface area contributed by atoms with Crippen LogP contribution in [0.2, 0.25) is 0 Å². The van der Waals surface area contributed by atoms with Crippen molar-refractivity contribution in [2.75, 3.05) is 26.3 Å². The van der Waals surface area contributed by atoms with Crippen molar-refractivity contribution in [3.05, 3.63) is 0 Å². The lowest BCUT2D eigenvalue weighted by molar-refractivity contribution is 0.156. The minimum absolute atomic E-state index is 0.0789. The predicted octanol–water partition coefficient (Wildman–Crippen LogP) is -0.371. The number of amides is 2. The monoisotopic (exact) mass is 204 g/mol. The van der Waals surface area contributed by atoms with Gasteiger partial charge < -0.3 is 20.9 Å². The highest BCUT2D eigenvalue weighted by Crippen LogP contribution is 1.81. The van der Waals surface area contributed by atoms with Gasteiger partial charge in [0.1, 0.15) is 13.2 Å². The van der Waals surface area contributed by atoms with Crippen LogP contribution in [0.3, 0.4) is 0 Å². The quantitative estimate of drug-likeness (QED) is 0.451. The maximum atomic E-state index is 10.1. The first-order valence-corrected chi connectivity index (χ1v) is 3.80. The molecule has 2 amide bonds. The molecule has 0 aliphatic heterocycles. The molecular formula is C6H12N4O4. The summed E-state index contributed by atoms with van der Waals surface area (Å²) in [7, 11) is 0. The molecule has 0 aromatic carbocycles. The minimum atomic E-state index is -0.850. The van der Waals surface area contributed by atoms with Gasteiger partial charge in [-0.15, -0.1) is 0 Å². The number of nitrogens with zero attached hydrogens (tertiary/aromatic N) is 2. The van der Waals surface area contributed by atoms with Crippen molar-refractivity contribution >= 4 is 12.2 Å². The topological polar surface area (TPSA) is 129 Å². The first kappa shape index (κ1) is 12.1. The van der Waals surface area contributed by atoms with Crippen molar-refractivity contribution in [1.29, 1.82) is 0 Å². The van der Waals surface area contributed by atoms with Crippen LogP contribution in [0.4, 0.5) is 9.59 Å². The van der Waals surface area contributed by atoms with Crippen molar-refractivity contribution in [3.8, 4) is 0 Å². The van der Waals surface area contributed by atoms with Crippen LogP contribution in [0.5, 0.6) is 0 Å². The highest BCUT2D eigenvalue weighted by atomic mass is 16.5. The standard InChI is InChI=1S/C6H12N4O4/c7-5(11)13-3-1-9-10-2-4-14-6(8)12/h1-4H2,(H2,7,11)(H2,8,12). The summed E-state index contributed by atoms with van der Waals surface area (Å²) in [5.41, 5.74) is 9.37. The van der Waals surface area contributed by atoms with Gasteiger partial charge in [0.25, 0.3) is 0 Å². The van der Waals surface area contributed by atoms with Crippen LogP contribution in [-0.4, -0.2) is 38.5 Å². The van der Waals surface area contributed by atoms with E-state index in [1.807, 2.05) is 0 Å². The lowest BCUT2D eigenvalue weighted by Crippen LogP contribution is -2.15. The molecule has 80 valence electrons. The summed E-state index contributed by atoms with van der Waals surface area (Å²) in [6.45, 7) is 0.601. The van der Waals surface area contributed by atoms with E-state index < -0.39 is 12.2 Å². The van der Waals surface area contributed by atoms with Crippen LogP contribution in [0.1, 0.15) is 0 Å². The number of nitrogens with two attached hydrogens (primary N) is 2. The second-order valence-electron chi connectivity index (χ2n) is 2.07. The Labute approximate surface area is 80.2 Å². The average Bonchev–Trinajstić information content (AvgIpc) is 2.08. The lowest BCUT2D eigenvalue weighted by atomic mass is 10.7. The van der Waals surface area contributed by atoms with Gasteiger partial charge in [0.15, 0.2) is 0 Å². The van der Waals surface area contributed by atoms with Crippen LogP contribution in [0.15, 0.2) is 10.2 Å². The second-order valence-corrected chi connectivity index (χ2v) is 2.07. The molecule has 0 rings (SSSR count). The Kier molecular flexibility index (Phi) is 6.74. The van der Waals surface area contributed by atoms with Gasteiger partial charge in [-0.05, 0) is 0 Å². The number of hydrogen-bond donors (Lipinski definition) is 2. The van der Waals surface area contributed by atoms with Gasteiger partial charge in [0, 0.05) is 0 Å². The molecule has 0 saturated carbocycles. The first-order chi connectivity index (χ1) is 6.63. The molecule has 0 aromatic rings. The molecule has 0 atom stereocenters. The fourth-order valence-electron chi connectivity index (χ4n) is 0.516. The Morgan fingerprint density at radius 3 is 1.57 bits per heavy atom. The summed E-state index contributed by atoms with van der Waals surface area (Å²) in [6, 6.07) is 0. The van der Waals surface area contributed by atoms with Gasteiger partial charge in [-0.25, -0.2) is 9.59 Å². The van der Waals surface area contributed by atoms with Crippen LogP contribution in [-0.2, 0) is 9.47 Å². The molecule has 0 radical (unpaired) electrons. The van der Waals surface area contributed by atoms with Crippen LogP contribution < -0.4 is 11.5 Å². The van der Waals surface area contributed by atoms with Gasteiger partial charge in [0.2, 0.25) is 0 Å². The summed E-state index contributed by atoms with van der Waals surface area (Å²) >= 11 is 0. The van der Waals surface area contributed by atoms with Gasteiger partial charge >= 0.3 is 12.2 Å². The van der Waals surface area contributed by atoms with Crippen molar-refractivity contribution in [2.24, 2.45) is 21.7 Å². The normalized spacial score (nSPS) is 10.0. The number of primary amides is 2. The van der Waals surface area contributed by atoms with Crippen molar-refractivity contribution in [2.45, 2.75) is 0 Å². The Morgan fingerprint density at radius 1 is 0.929 bits per heavy atom. The molecule has 0 fully saturated rings. The SMILES string of the molecule is NC(=O)OCCN=NCCOC(N)=O. The third-order valence-electron chi connectivity index (χ3n) is 0.971. The molecule has 0 aromatic heterocycles. The zero-order valence-electron chi connectivity index (χ0n) is 7.51. The number of carbonyl (C=O) groups is 2. The fourth-order valence-corrected chi connectivity index (χ4v) is 0.516. The maximum Gasteiger partial charge on any atom is 0.404 e. The third kappa shape index (κ3) is 10.1. The van der Waals surface area contributed by atoms with Crippen molar-refractivity contribution in [1.82, 2.24) is 0 Å². The summed E-state index contributed by atoms with van der Waals surface area (Å²) in [5, 5.41) is 7.20. The molecule has 14 heavy (non-hydrogen) atoms. The largest absolute Gasteiger partial charge is 0.448 e. The first-order valence-electron chi connectivity index (χ1n) is 3.80. The van der Waals surface area contributed by atoms with E-state index in [0.717, 1.165) is 0 Å². The summed E-state index contributed by atoms with van der Waals surface area (Å²) in [6.07, 6.45) is -1.70. The van der Waals surface area contributed by atoms with E-state index in [0.29, 0.717) is 0 Å². The number of ether oxygens (including phenoxy) is 2. The molecule has 4 N–H and O–H groups in total. The molecule has 0 heterocycles. The Bertz CT molecular complexity index is 196. The Balaban J connectivity index is 3.19.